The summed E-state index contributed by atoms with van der Waals surface area (Å²) in [6.07, 6.45) is 0. The molecule has 0 aliphatic rings. The van der Waals surface area contributed by atoms with Crippen LogP contribution in [0.1, 0.15) is 0 Å². The zero-order valence-corrected chi connectivity index (χ0v) is 11.4. The maximum atomic E-state index is 6.19. The van der Waals surface area contributed by atoms with Crippen LogP contribution in [0.3, 0.4) is 0 Å². The minimum absolute atomic E-state index is 0.506. The highest BCUT2D eigenvalue weighted by Gasteiger charge is 2.09. The largest absolute Gasteiger partial charge is 0.398 e. The maximum absolute atomic E-state index is 6.19. The third-order valence-corrected chi connectivity index (χ3v) is 3.44. The van der Waals surface area contributed by atoms with Gasteiger partial charge in [0.15, 0.2) is 0 Å². The molecule has 0 atom stereocenters. The van der Waals surface area contributed by atoms with Crippen molar-refractivity contribution in [2.75, 3.05) is 5.73 Å². The highest BCUT2D eigenvalue weighted by molar-refractivity contribution is 6.38. The van der Waals surface area contributed by atoms with Crippen molar-refractivity contribution >= 4 is 39.8 Å². The van der Waals surface area contributed by atoms with E-state index in [0.29, 0.717) is 21.2 Å². The van der Waals surface area contributed by atoms with E-state index in [1.807, 2.05) is 36.4 Å². The predicted molar refractivity (Wildman–Crippen MR) is 81.6 cm³/mol. The molecule has 3 aromatic rings. The number of nitrogens with two attached hydrogens (primary N) is 1. The number of aromatic nitrogens is 1. The van der Waals surface area contributed by atoms with Crippen LogP contribution in [0.15, 0.2) is 48.5 Å². The molecule has 0 fully saturated rings. The molecule has 2 aromatic carbocycles. The molecule has 0 aliphatic heterocycles. The molecule has 2 N–H and O–H groups in total. The Bertz CT molecular complexity index is 755. The molecule has 1 aromatic heterocycles. The number of anilines is 1. The quantitative estimate of drug-likeness (QED) is 0.699. The number of pyridine rings is 1. The van der Waals surface area contributed by atoms with Gasteiger partial charge in [-0.3, -0.25) is 0 Å². The van der Waals surface area contributed by atoms with Crippen LogP contribution in [0, 0.1) is 0 Å². The third kappa shape index (κ3) is 2.25. The predicted octanol–water partition coefficient (Wildman–Crippen LogP) is 4.79. The molecule has 0 radical (unpaired) electrons. The first-order valence-electron chi connectivity index (χ1n) is 5.76. The molecular formula is C15H10Cl2N2. The molecule has 2 nitrogen and oxygen atoms in total. The second-order valence-electron chi connectivity index (χ2n) is 4.25. The molecular weight excluding hydrogens is 279 g/mol. The summed E-state index contributed by atoms with van der Waals surface area (Å²) < 4.78 is 0. The molecule has 0 saturated heterocycles. The van der Waals surface area contributed by atoms with Crippen LogP contribution in [-0.2, 0) is 0 Å². The van der Waals surface area contributed by atoms with Gasteiger partial charge < -0.3 is 5.73 Å². The highest BCUT2D eigenvalue weighted by Crippen LogP contribution is 2.32. The van der Waals surface area contributed by atoms with Gasteiger partial charge in [0.05, 0.1) is 16.2 Å². The Kier molecular flexibility index (Phi) is 3.05. The summed E-state index contributed by atoms with van der Waals surface area (Å²) in [5, 5.41) is 1.84. The van der Waals surface area contributed by atoms with E-state index in [0.717, 1.165) is 16.6 Å². The smallest absolute Gasteiger partial charge is 0.0917 e. The molecule has 0 bridgehead atoms. The van der Waals surface area contributed by atoms with E-state index in [1.54, 1.807) is 12.1 Å². The fourth-order valence-electron chi connectivity index (χ4n) is 2.03. The number of nitrogen functional groups attached to an aromatic ring is 1. The van der Waals surface area contributed by atoms with Crippen molar-refractivity contribution < 1.29 is 0 Å². The van der Waals surface area contributed by atoms with Gasteiger partial charge >= 0.3 is 0 Å². The Labute approximate surface area is 120 Å². The highest BCUT2D eigenvalue weighted by atomic mass is 35.5. The lowest BCUT2D eigenvalue weighted by atomic mass is 10.1. The molecule has 0 unspecified atom stereocenters. The standard InChI is InChI=1S/C15H10Cl2N2/c16-10-6-11-13(18)8-14(9-4-2-1-3-5-9)19-15(11)12(17)7-10/h1-8H,(H2,18,19). The molecule has 0 spiro atoms. The summed E-state index contributed by atoms with van der Waals surface area (Å²) in [7, 11) is 0. The number of rotatable bonds is 1. The molecule has 0 amide bonds. The summed E-state index contributed by atoms with van der Waals surface area (Å²) in [6, 6.07) is 15.1. The van der Waals surface area contributed by atoms with Crippen molar-refractivity contribution in [2.45, 2.75) is 0 Å². The normalized spacial score (nSPS) is 10.8. The van der Waals surface area contributed by atoms with E-state index in [2.05, 4.69) is 4.98 Å². The van der Waals surface area contributed by atoms with Crippen molar-refractivity contribution in [1.82, 2.24) is 4.98 Å². The van der Waals surface area contributed by atoms with Crippen molar-refractivity contribution in [3.63, 3.8) is 0 Å². The van der Waals surface area contributed by atoms with Crippen molar-refractivity contribution in [2.24, 2.45) is 0 Å². The lowest BCUT2D eigenvalue weighted by Crippen LogP contribution is -1.93. The summed E-state index contributed by atoms with van der Waals surface area (Å²) in [5.41, 5.74) is 9.17. The second-order valence-corrected chi connectivity index (χ2v) is 5.09. The van der Waals surface area contributed by atoms with Gasteiger partial charge in [-0.2, -0.15) is 0 Å². The Balaban J connectivity index is 2.31. The van der Waals surface area contributed by atoms with E-state index < -0.39 is 0 Å². The molecule has 1 heterocycles. The Morgan fingerprint density at radius 2 is 1.68 bits per heavy atom. The van der Waals surface area contributed by atoms with E-state index in [4.69, 9.17) is 28.9 Å². The average Bonchev–Trinajstić information content (AvgIpc) is 2.41. The summed E-state index contributed by atoms with van der Waals surface area (Å²) in [6.45, 7) is 0. The van der Waals surface area contributed by atoms with Crippen molar-refractivity contribution in [3.05, 3.63) is 58.6 Å². The van der Waals surface area contributed by atoms with E-state index in [1.165, 1.54) is 0 Å². The molecule has 3 rings (SSSR count). The van der Waals surface area contributed by atoms with Gasteiger partial charge in [-0.05, 0) is 18.2 Å². The maximum Gasteiger partial charge on any atom is 0.0917 e. The van der Waals surface area contributed by atoms with Gasteiger partial charge in [-0.15, -0.1) is 0 Å². The minimum Gasteiger partial charge on any atom is -0.398 e. The zero-order chi connectivity index (χ0) is 13.4. The van der Waals surface area contributed by atoms with Gasteiger partial charge in [-0.1, -0.05) is 53.5 Å². The van der Waals surface area contributed by atoms with Crippen LogP contribution in [-0.4, -0.2) is 4.98 Å². The van der Waals surface area contributed by atoms with Gasteiger partial charge in [0, 0.05) is 21.7 Å². The van der Waals surface area contributed by atoms with Gasteiger partial charge in [0.2, 0.25) is 0 Å². The summed E-state index contributed by atoms with van der Waals surface area (Å²) >= 11 is 12.2. The van der Waals surface area contributed by atoms with Crippen LogP contribution in [0.4, 0.5) is 5.69 Å². The molecule has 0 aliphatic carbocycles. The Morgan fingerprint density at radius 1 is 0.947 bits per heavy atom. The summed E-state index contributed by atoms with van der Waals surface area (Å²) in [5.74, 6) is 0. The number of nitrogens with zero attached hydrogens (tertiary/aromatic N) is 1. The van der Waals surface area contributed by atoms with E-state index in [9.17, 15) is 0 Å². The minimum atomic E-state index is 0.506. The van der Waals surface area contributed by atoms with Crippen LogP contribution in [0.2, 0.25) is 10.0 Å². The molecule has 19 heavy (non-hydrogen) atoms. The lowest BCUT2D eigenvalue weighted by molar-refractivity contribution is 1.40. The first kappa shape index (κ1) is 12.3. The van der Waals surface area contributed by atoms with Gasteiger partial charge in [-0.25, -0.2) is 4.98 Å². The average molecular weight is 289 g/mol. The number of hydrogen-bond acceptors (Lipinski definition) is 2. The fraction of sp³-hybridized carbons (Fsp3) is 0. The Hall–Kier alpha value is -1.77. The lowest BCUT2D eigenvalue weighted by Gasteiger charge is -2.08. The van der Waals surface area contributed by atoms with E-state index >= 15 is 0 Å². The molecule has 4 heteroatoms. The SMILES string of the molecule is Nc1cc(-c2ccccc2)nc2c(Cl)cc(Cl)cc12. The van der Waals surface area contributed by atoms with Crippen molar-refractivity contribution in [1.29, 1.82) is 0 Å². The molecule has 94 valence electrons. The first-order chi connectivity index (χ1) is 9.15. The molecule has 0 saturated carbocycles. The monoisotopic (exact) mass is 288 g/mol. The van der Waals surface area contributed by atoms with Crippen LogP contribution in [0.25, 0.3) is 22.2 Å². The van der Waals surface area contributed by atoms with Crippen LogP contribution >= 0.6 is 23.2 Å². The number of benzene rings is 2. The number of hydrogen-bond donors (Lipinski definition) is 1. The van der Waals surface area contributed by atoms with Crippen LogP contribution in [0.5, 0.6) is 0 Å². The first-order valence-corrected chi connectivity index (χ1v) is 6.51. The summed E-state index contributed by atoms with van der Waals surface area (Å²) in [4.78, 5) is 4.58. The third-order valence-electron chi connectivity index (χ3n) is 2.93. The topological polar surface area (TPSA) is 38.9 Å². The van der Waals surface area contributed by atoms with Gasteiger partial charge in [0.25, 0.3) is 0 Å². The van der Waals surface area contributed by atoms with Crippen molar-refractivity contribution in [3.8, 4) is 11.3 Å². The fourth-order valence-corrected chi connectivity index (χ4v) is 2.57. The van der Waals surface area contributed by atoms with Crippen LogP contribution < -0.4 is 5.73 Å². The number of halogens is 2. The Morgan fingerprint density at radius 3 is 2.42 bits per heavy atom. The second kappa shape index (κ2) is 4.72. The van der Waals surface area contributed by atoms with E-state index in [-0.39, 0.29) is 0 Å². The van der Waals surface area contributed by atoms with Gasteiger partial charge in [0.1, 0.15) is 0 Å². The number of fused-ring (bicyclic) bond motifs is 1. The zero-order valence-electron chi connectivity index (χ0n) is 9.90.